The third kappa shape index (κ3) is 5.20. The van der Waals surface area contributed by atoms with Crippen molar-refractivity contribution >= 4 is 40.6 Å². The third-order valence-electron chi connectivity index (χ3n) is 4.51. The number of hydrogen-bond acceptors (Lipinski definition) is 5. The number of carbonyl (C=O) groups excluding carboxylic acids is 1. The van der Waals surface area contributed by atoms with Gasteiger partial charge in [-0.3, -0.25) is 4.79 Å². The second-order valence-electron chi connectivity index (χ2n) is 7.03. The summed E-state index contributed by atoms with van der Waals surface area (Å²) in [6, 6.07) is 14.0. The number of aromatic nitrogens is 4. The number of nitrogens with zero attached hydrogens (tertiary/aromatic N) is 4. The lowest BCUT2D eigenvalue weighted by atomic mass is 10.1. The molecule has 170 valence electrons. The van der Waals surface area contributed by atoms with Crippen LogP contribution >= 0.6 is 23.4 Å². The molecular formula is C21H15ClF3N5O2S. The number of hydrogen-bond donors (Lipinski definition) is 1. The largest absolute Gasteiger partial charge is 0.418 e. The van der Waals surface area contributed by atoms with Crippen LogP contribution in [0.15, 0.2) is 69.3 Å². The smallest absolute Gasteiger partial charge is 0.324 e. The van der Waals surface area contributed by atoms with Gasteiger partial charge >= 0.3 is 11.9 Å². The molecule has 33 heavy (non-hydrogen) atoms. The number of benzene rings is 2. The van der Waals surface area contributed by atoms with Gasteiger partial charge in [-0.2, -0.15) is 22.8 Å². The fourth-order valence-corrected chi connectivity index (χ4v) is 3.91. The monoisotopic (exact) mass is 493 g/mol. The van der Waals surface area contributed by atoms with Gasteiger partial charge in [0, 0.05) is 9.92 Å². The van der Waals surface area contributed by atoms with Gasteiger partial charge in [-0.15, -0.1) is 5.10 Å². The topological polar surface area (TPSA) is 81.3 Å². The Hall–Kier alpha value is -3.31. The average molecular weight is 494 g/mol. The average Bonchev–Trinajstić information content (AvgIpc) is 3.05. The highest BCUT2D eigenvalue weighted by Gasteiger charge is 2.34. The summed E-state index contributed by atoms with van der Waals surface area (Å²) in [5, 5.41) is 10.9. The predicted octanol–water partition coefficient (Wildman–Crippen LogP) is 4.66. The van der Waals surface area contributed by atoms with E-state index in [0.29, 0.717) is 11.1 Å². The van der Waals surface area contributed by atoms with Gasteiger partial charge in [0.25, 0.3) is 0 Å². The Bertz CT molecular complexity index is 1400. The Kier molecular flexibility index (Phi) is 6.17. The van der Waals surface area contributed by atoms with E-state index >= 15 is 0 Å². The van der Waals surface area contributed by atoms with Crippen LogP contribution in [0.25, 0.3) is 5.65 Å². The first-order chi connectivity index (χ1) is 15.6. The van der Waals surface area contributed by atoms with Crippen molar-refractivity contribution < 1.29 is 18.0 Å². The molecule has 0 radical (unpaired) electrons. The Morgan fingerprint density at radius 2 is 1.82 bits per heavy atom. The van der Waals surface area contributed by atoms with Gasteiger partial charge in [0.15, 0.2) is 5.65 Å². The summed E-state index contributed by atoms with van der Waals surface area (Å²) in [5.74, 6) is -0.859. The maximum Gasteiger partial charge on any atom is 0.418 e. The first-order valence-corrected chi connectivity index (χ1v) is 10.7. The number of alkyl halides is 3. The van der Waals surface area contributed by atoms with Crippen LogP contribution in [-0.2, 0) is 17.5 Å². The maximum absolute atomic E-state index is 13.2. The number of anilines is 1. The van der Waals surface area contributed by atoms with Crippen LogP contribution in [0.5, 0.6) is 0 Å². The van der Waals surface area contributed by atoms with Gasteiger partial charge in [0.2, 0.25) is 5.91 Å². The highest BCUT2D eigenvalue weighted by Crippen LogP contribution is 2.36. The molecule has 0 aliphatic heterocycles. The van der Waals surface area contributed by atoms with Crippen molar-refractivity contribution in [2.75, 3.05) is 5.32 Å². The van der Waals surface area contributed by atoms with E-state index in [9.17, 15) is 22.8 Å². The molecule has 4 rings (SSSR count). The minimum absolute atomic E-state index is 0.123. The molecule has 2 heterocycles. The molecule has 7 nitrogen and oxygen atoms in total. The number of fused-ring (bicyclic) bond motifs is 1. The summed E-state index contributed by atoms with van der Waals surface area (Å²) >= 11 is 6.99. The summed E-state index contributed by atoms with van der Waals surface area (Å²) in [6.45, 7) is 1.38. The lowest BCUT2D eigenvalue weighted by Gasteiger charge is -2.14. The molecular weight excluding hydrogens is 479 g/mol. The normalized spacial score (nSPS) is 11.7. The number of amides is 1. The molecule has 0 saturated heterocycles. The molecule has 1 amide bonds. The Morgan fingerprint density at radius 1 is 1.09 bits per heavy atom. The summed E-state index contributed by atoms with van der Waals surface area (Å²) in [5.41, 5.74) is -0.949. The van der Waals surface area contributed by atoms with E-state index in [2.05, 4.69) is 15.5 Å². The molecule has 12 heteroatoms. The Labute approximate surface area is 194 Å². The van der Waals surface area contributed by atoms with Crippen LogP contribution in [0.3, 0.4) is 0 Å². The van der Waals surface area contributed by atoms with Gasteiger partial charge < -0.3 is 5.32 Å². The Morgan fingerprint density at radius 3 is 2.52 bits per heavy atom. The summed E-state index contributed by atoms with van der Waals surface area (Å²) in [6.07, 6.45) is -4.72. The fourth-order valence-electron chi connectivity index (χ4n) is 2.96. The molecule has 0 aliphatic carbocycles. The minimum Gasteiger partial charge on any atom is -0.324 e. The molecule has 0 spiro atoms. The van der Waals surface area contributed by atoms with Gasteiger partial charge in [-0.25, -0.2) is 9.48 Å². The summed E-state index contributed by atoms with van der Waals surface area (Å²) in [4.78, 5) is 25.9. The second-order valence-corrected chi connectivity index (χ2v) is 8.56. The van der Waals surface area contributed by atoms with Crippen LogP contribution in [-0.4, -0.2) is 25.3 Å². The minimum atomic E-state index is -4.72. The molecule has 0 fully saturated rings. The number of aryl methyl sites for hydroxylation is 1. The van der Waals surface area contributed by atoms with Crippen molar-refractivity contribution in [2.24, 2.45) is 0 Å². The quantitative estimate of drug-likeness (QED) is 0.437. The van der Waals surface area contributed by atoms with E-state index < -0.39 is 35.6 Å². The molecule has 2 aromatic heterocycles. The van der Waals surface area contributed by atoms with Crippen molar-refractivity contribution in [3.05, 3.63) is 81.2 Å². The van der Waals surface area contributed by atoms with Crippen LogP contribution in [0.1, 0.15) is 11.1 Å². The van der Waals surface area contributed by atoms with E-state index in [0.717, 1.165) is 25.7 Å². The van der Waals surface area contributed by atoms with Gasteiger partial charge in [-0.05, 0) is 49.4 Å². The maximum atomic E-state index is 13.2. The number of rotatable bonds is 5. The van der Waals surface area contributed by atoms with Gasteiger partial charge in [0.05, 0.1) is 11.3 Å². The Balaban J connectivity index is 1.55. The van der Waals surface area contributed by atoms with Crippen LogP contribution in [0.4, 0.5) is 18.9 Å². The number of carbonyl (C=O) groups is 1. The zero-order chi connectivity index (χ0) is 23.8. The van der Waals surface area contributed by atoms with Crippen LogP contribution in [0, 0.1) is 6.92 Å². The van der Waals surface area contributed by atoms with Crippen molar-refractivity contribution in [3.8, 4) is 0 Å². The third-order valence-corrected chi connectivity index (χ3v) is 5.68. The van der Waals surface area contributed by atoms with E-state index in [1.807, 2.05) is 31.2 Å². The molecule has 0 aliphatic rings. The lowest BCUT2D eigenvalue weighted by Crippen LogP contribution is -2.29. The molecule has 0 bridgehead atoms. The molecule has 4 aromatic rings. The predicted molar refractivity (Wildman–Crippen MR) is 118 cm³/mol. The lowest BCUT2D eigenvalue weighted by molar-refractivity contribution is -0.137. The van der Waals surface area contributed by atoms with Crippen molar-refractivity contribution in [1.29, 1.82) is 0 Å². The zero-order valence-electron chi connectivity index (χ0n) is 16.9. The molecule has 0 unspecified atom stereocenters. The highest BCUT2D eigenvalue weighted by molar-refractivity contribution is 7.99. The SMILES string of the molecule is Cc1ccc(Sc2ccc3nn(CC(=O)Nc4ccc(Cl)cc4C(F)(F)F)c(=O)n3n2)cc1. The van der Waals surface area contributed by atoms with Gasteiger partial charge in [0.1, 0.15) is 11.6 Å². The van der Waals surface area contributed by atoms with Crippen LogP contribution in [0.2, 0.25) is 5.02 Å². The van der Waals surface area contributed by atoms with Crippen molar-refractivity contribution in [2.45, 2.75) is 29.6 Å². The van der Waals surface area contributed by atoms with Crippen molar-refractivity contribution in [3.63, 3.8) is 0 Å². The van der Waals surface area contributed by atoms with E-state index in [1.54, 1.807) is 12.1 Å². The van der Waals surface area contributed by atoms with Crippen molar-refractivity contribution in [1.82, 2.24) is 19.4 Å². The number of nitrogens with one attached hydrogen (secondary N) is 1. The van der Waals surface area contributed by atoms with E-state index in [4.69, 9.17) is 11.6 Å². The van der Waals surface area contributed by atoms with Gasteiger partial charge in [-0.1, -0.05) is 41.1 Å². The first kappa shape index (κ1) is 22.9. The number of halogens is 4. The summed E-state index contributed by atoms with van der Waals surface area (Å²) in [7, 11) is 0. The standard InChI is InChI=1S/C21H15ClF3N5O2S/c1-12-2-5-14(6-3-12)33-19-9-8-17-27-29(20(32)30(17)28-19)11-18(31)26-16-7-4-13(22)10-15(16)21(23,24)25/h2-10H,11H2,1H3,(H,26,31). The second kappa shape index (κ2) is 8.91. The first-order valence-electron chi connectivity index (χ1n) is 9.48. The summed E-state index contributed by atoms with van der Waals surface area (Å²) < 4.78 is 41.6. The molecule has 2 aromatic carbocycles. The zero-order valence-corrected chi connectivity index (χ0v) is 18.5. The van der Waals surface area contributed by atoms with Crippen LogP contribution < -0.4 is 11.0 Å². The molecule has 0 atom stereocenters. The van der Waals surface area contributed by atoms with E-state index in [-0.39, 0.29) is 10.7 Å². The molecule has 1 N–H and O–H groups in total. The fraction of sp³-hybridized carbons (Fsp3) is 0.143. The molecule has 0 saturated carbocycles. The van der Waals surface area contributed by atoms with E-state index in [1.165, 1.54) is 17.8 Å². The highest BCUT2D eigenvalue weighted by atomic mass is 35.5.